The molecule has 1 amide bonds. The Morgan fingerprint density at radius 1 is 1.17 bits per heavy atom. The summed E-state index contributed by atoms with van der Waals surface area (Å²) in [6.07, 6.45) is 2.97. The van der Waals surface area contributed by atoms with Crippen LogP contribution in [0.1, 0.15) is 30.0 Å². The number of nitrogens with two attached hydrogens (primary N) is 1. The van der Waals surface area contributed by atoms with E-state index in [0.717, 1.165) is 29.9 Å². The Kier molecular flexibility index (Phi) is 6.56. The minimum Gasteiger partial charge on any atom is -0.370 e. The number of nitrogens with one attached hydrogen (secondary N) is 2. The number of hydrogen-bond donors (Lipinski definition) is 3. The predicted molar refractivity (Wildman–Crippen MR) is 93.1 cm³/mol. The highest BCUT2D eigenvalue weighted by atomic mass is 16.1. The van der Waals surface area contributed by atoms with Gasteiger partial charge in [0.1, 0.15) is 5.82 Å². The lowest BCUT2D eigenvalue weighted by Gasteiger charge is -2.12. The fourth-order valence-corrected chi connectivity index (χ4v) is 2.20. The van der Waals surface area contributed by atoms with Crippen molar-refractivity contribution in [2.45, 2.75) is 25.8 Å². The summed E-state index contributed by atoms with van der Waals surface area (Å²) in [6.45, 7) is 3.40. The van der Waals surface area contributed by atoms with Crippen LogP contribution in [0.4, 0.5) is 5.82 Å². The van der Waals surface area contributed by atoms with Gasteiger partial charge in [-0.3, -0.25) is 4.79 Å². The Labute approximate surface area is 137 Å². The van der Waals surface area contributed by atoms with Gasteiger partial charge in [0.15, 0.2) is 0 Å². The Hall–Kier alpha value is -2.40. The minimum absolute atomic E-state index is 0.0187. The van der Waals surface area contributed by atoms with Crippen molar-refractivity contribution >= 4 is 11.7 Å². The summed E-state index contributed by atoms with van der Waals surface area (Å²) in [5.41, 5.74) is 8.15. The summed E-state index contributed by atoms with van der Waals surface area (Å²) in [5, 5.41) is 6.12. The molecule has 1 aromatic heterocycles. The van der Waals surface area contributed by atoms with Gasteiger partial charge in [0.25, 0.3) is 0 Å². The third kappa shape index (κ3) is 6.08. The molecule has 4 N–H and O–H groups in total. The van der Waals surface area contributed by atoms with Gasteiger partial charge in [0.05, 0.1) is 0 Å². The zero-order valence-electron chi connectivity index (χ0n) is 13.5. The molecule has 0 spiro atoms. The number of rotatable bonds is 8. The largest absolute Gasteiger partial charge is 0.370 e. The zero-order chi connectivity index (χ0) is 16.5. The zero-order valence-corrected chi connectivity index (χ0v) is 13.5. The van der Waals surface area contributed by atoms with Crippen LogP contribution in [0.5, 0.6) is 0 Å². The predicted octanol–water partition coefficient (Wildman–Crippen LogP) is 2.40. The summed E-state index contributed by atoms with van der Waals surface area (Å²) in [4.78, 5) is 16.1. The monoisotopic (exact) mass is 312 g/mol. The van der Waals surface area contributed by atoms with Crippen molar-refractivity contribution in [2.75, 3.05) is 18.4 Å². The molecular weight excluding hydrogens is 288 g/mol. The maximum absolute atomic E-state index is 11.9. The van der Waals surface area contributed by atoms with E-state index in [4.69, 9.17) is 5.73 Å². The fraction of sp³-hybridized carbons (Fsp3) is 0.333. The first-order chi connectivity index (χ1) is 11.1. The van der Waals surface area contributed by atoms with Gasteiger partial charge < -0.3 is 16.4 Å². The van der Waals surface area contributed by atoms with Crippen molar-refractivity contribution in [3.8, 4) is 0 Å². The maximum Gasteiger partial charge on any atom is 0.221 e. The Balaban J connectivity index is 1.60. The summed E-state index contributed by atoms with van der Waals surface area (Å²) in [6, 6.07) is 13.4. The van der Waals surface area contributed by atoms with E-state index in [1.807, 2.05) is 55.6 Å². The molecule has 0 aliphatic heterocycles. The van der Waals surface area contributed by atoms with Gasteiger partial charge in [-0.15, -0.1) is 0 Å². The Morgan fingerprint density at radius 3 is 2.65 bits per heavy atom. The van der Waals surface area contributed by atoms with E-state index >= 15 is 0 Å². The molecule has 1 aromatic carbocycles. The molecule has 0 fully saturated rings. The number of amides is 1. The fourth-order valence-electron chi connectivity index (χ4n) is 2.20. The molecule has 1 heterocycles. The van der Waals surface area contributed by atoms with Crippen LogP contribution >= 0.6 is 0 Å². The number of anilines is 1. The van der Waals surface area contributed by atoms with Crippen LogP contribution in [0.2, 0.25) is 0 Å². The lowest BCUT2D eigenvalue weighted by Crippen LogP contribution is -2.29. The second kappa shape index (κ2) is 8.90. The van der Waals surface area contributed by atoms with E-state index in [0.29, 0.717) is 13.0 Å². The molecule has 1 unspecified atom stereocenters. The highest BCUT2D eigenvalue weighted by Crippen LogP contribution is 2.12. The third-order valence-corrected chi connectivity index (χ3v) is 3.53. The average Bonchev–Trinajstić information content (AvgIpc) is 2.57. The molecule has 0 saturated heterocycles. The summed E-state index contributed by atoms with van der Waals surface area (Å²) in [5.74, 6) is 0.836. The van der Waals surface area contributed by atoms with Crippen LogP contribution in [0, 0.1) is 6.92 Å². The number of carbonyl (C=O) groups excluding carboxylic acids is 1. The average molecular weight is 312 g/mol. The molecule has 5 nitrogen and oxygen atoms in total. The van der Waals surface area contributed by atoms with Gasteiger partial charge in [-0.05, 0) is 30.5 Å². The van der Waals surface area contributed by atoms with Gasteiger partial charge in [-0.1, -0.05) is 36.4 Å². The van der Waals surface area contributed by atoms with Gasteiger partial charge >= 0.3 is 0 Å². The summed E-state index contributed by atoms with van der Waals surface area (Å²) < 4.78 is 0. The Morgan fingerprint density at radius 2 is 1.96 bits per heavy atom. The molecule has 5 heteroatoms. The second-order valence-corrected chi connectivity index (χ2v) is 5.57. The molecule has 0 bridgehead atoms. The van der Waals surface area contributed by atoms with E-state index in [1.54, 1.807) is 0 Å². The normalized spacial score (nSPS) is 11.7. The van der Waals surface area contributed by atoms with E-state index in [-0.39, 0.29) is 11.9 Å². The van der Waals surface area contributed by atoms with Crippen molar-refractivity contribution in [1.82, 2.24) is 10.3 Å². The van der Waals surface area contributed by atoms with Crippen molar-refractivity contribution in [2.24, 2.45) is 5.73 Å². The summed E-state index contributed by atoms with van der Waals surface area (Å²) in [7, 11) is 0. The molecule has 1 atom stereocenters. The highest BCUT2D eigenvalue weighted by molar-refractivity contribution is 5.76. The SMILES string of the molecule is Cc1ccc(NCCCNC(=O)CC(N)c2ccccc2)nc1. The molecular formula is C18H24N4O. The molecule has 0 saturated carbocycles. The van der Waals surface area contributed by atoms with Gasteiger partial charge in [-0.2, -0.15) is 0 Å². The second-order valence-electron chi connectivity index (χ2n) is 5.57. The van der Waals surface area contributed by atoms with Crippen LogP contribution in [0.3, 0.4) is 0 Å². The molecule has 0 aliphatic rings. The van der Waals surface area contributed by atoms with Crippen LogP contribution in [0.15, 0.2) is 48.7 Å². The van der Waals surface area contributed by atoms with E-state index in [1.165, 1.54) is 0 Å². The molecule has 0 aliphatic carbocycles. The number of nitrogens with zero attached hydrogens (tertiary/aromatic N) is 1. The number of carbonyl (C=O) groups is 1. The standard InChI is InChI=1S/C18H24N4O/c1-14-8-9-17(22-13-14)20-10-5-11-21-18(23)12-16(19)15-6-3-2-4-7-15/h2-4,6-9,13,16H,5,10-12,19H2,1H3,(H,20,22)(H,21,23). The first kappa shape index (κ1) is 17.0. The molecule has 0 radical (unpaired) electrons. The van der Waals surface area contributed by atoms with Crippen molar-refractivity contribution in [3.05, 3.63) is 59.8 Å². The van der Waals surface area contributed by atoms with E-state index < -0.39 is 0 Å². The molecule has 2 rings (SSSR count). The number of hydrogen-bond acceptors (Lipinski definition) is 4. The van der Waals surface area contributed by atoms with Gasteiger partial charge in [0.2, 0.25) is 5.91 Å². The van der Waals surface area contributed by atoms with Crippen molar-refractivity contribution in [1.29, 1.82) is 0 Å². The minimum atomic E-state index is -0.258. The van der Waals surface area contributed by atoms with E-state index in [9.17, 15) is 4.79 Å². The number of pyridine rings is 1. The van der Waals surface area contributed by atoms with Crippen molar-refractivity contribution in [3.63, 3.8) is 0 Å². The Bertz CT molecular complexity index is 598. The molecule has 23 heavy (non-hydrogen) atoms. The lowest BCUT2D eigenvalue weighted by atomic mass is 10.0. The van der Waals surface area contributed by atoms with Crippen molar-refractivity contribution < 1.29 is 4.79 Å². The van der Waals surface area contributed by atoms with Crippen LogP contribution in [-0.2, 0) is 4.79 Å². The van der Waals surface area contributed by atoms with E-state index in [2.05, 4.69) is 15.6 Å². The quantitative estimate of drug-likeness (QED) is 0.654. The summed E-state index contributed by atoms with van der Waals surface area (Å²) >= 11 is 0. The molecule has 122 valence electrons. The van der Waals surface area contributed by atoms with Gasteiger partial charge in [0, 0.05) is 31.7 Å². The first-order valence-electron chi connectivity index (χ1n) is 7.89. The van der Waals surface area contributed by atoms with Gasteiger partial charge in [-0.25, -0.2) is 4.98 Å². The lowest BCUT2D eigenvalue weighted by molar-refractivity contribution is -0.121. The topological polar surface area (TPSA) is 80.0 Å². The molecule has 2 aromatic rings. The number of aryl methyl sites for hydroxylation is 1. The maximum atomic E-state index is 11.9. The number of aromatic nitrogens is 1. The van der Waals surface area contributed by atoms with Crippen LogP contribution < -0.4 is 16.4 Å². The number of benzene rings is 1. The smallest absolute Gasteiger partial charge is 0.221 e. The first-order valence-corrected chi connectivity index (χ1v) is 7.89. The van der Waals surface area contributed by atoms with Crippen LogP contribution in [0.25, 0.3) is 0 Å². The van der Waals surface area contributed by atoms with Crippen LogP contribution in [-0.4, -0.2) is 24.0 Å². The highest BCUT2D eigenvalue weighted by Gasteiger charge is 2.10. The third-order valence-electron chi connectivity index (χ3n) is 3.53.